The van der Waals surface area contributed by atoms with Crippen molar-refractivity contribution in [2.45, 2.75) is 0 Å². The summed E-state index contributed by atoms with van der Waals surface area (Å²) < 4.78 is 0.954. The summed E-state index contributed by atoms with van der Waals surface area (Å²) in [5.74, 6) is 0. The summed E-state index contributed by atoms with van der Waals surface area (Å²) in [5.41, 5.74) is 2.23. The van der Waals surface area contributed by atoms with Crippen molar-refractivity contribution in [3.05, 3.63) is 34.3 Å². The van der Waals surface area contributed by atoms with E-state index in [2.05, 4.69) is 5.32 Å². The first-order valence-corrected chi connectivity index (χ1v) is 7.20. The molecule has 1 aromatic carbocycles. The van der Waals surface area contributed by atoms with E-state index in [0.29, 0.717) is 4.99 Å². The topological polar surface area (TPSA) is 32.3 Å². The Kier molecular flexibility index (Phi) is 3.62. The van der Waals surface area contributed by atoms with Gasteiger partial charge in [0.05, 0.1) is 0 Å². The van der Waals surface area contributed by atoms with Crippen LogP contribution in [0.5, 0.6) is 0 Å². The number of benzene rings is 1. The SMILES string of the molecule is CN(C)c1ccc(C=C2[Se]C(=O)NC2=S)cc1. The number of nitrogens with one attached hydrogen (secondary N) is 1. The zero-order valence-corrected chi connectivity index (χ0v) is 12.1. The number of hydrogen-bond donors (Lipinski definition) is 1. The predicted molar refractivity (Wildman–Crippen MR) is 75.6 cm³/mol. The van der Waals surface area contributed by atoms with Gasteiger partial charge in [0.2, 0.25) is 0 Å². The van der Waals surface area contributed by atoms with E-state index in [1.54, 1.807) is 0 Å². The van der Waals surface area contributed by atoms with Gasteiger partial charge >= 0.3 is 112 Å². The summed E-state index contributed by atoms with van der Waals surface area (Å²) in [4.78, 5) is 13.8. The maximum atomic E-state index is 11.2. The fourth-order valence-corrected chi connectivity index (χ4v) is 3.41. The van der Waals surface area contributed by atoms with Crippen molar-refractivity contribution >= 4 is 48.7 Å². The normalized spacial score (nSPS) is 17.4. The molecule has 1 aromatic rings. The molecule has 0 saturated carbocycles. The Morgan fingerprint density at radius 3 is 2.41 bits per heavy atom. The number of anilines is 1. The van der Waals surface area contributed by atoms with Crippen molar-refractivity contribution in [1.29, 1.82) is 0 Å². The van der Waals surface area contributed by atoms with Crippen LogP contribution in [0.25, 0.3) is 6.08 Å². The first-order chi connectivity index (χ1) is 8.06. The monoisotopic (exact) mass is 312 g/mol. The van der Waals surface area contributed by atoms with E-state index in [-0.39, 0.29) is 19.8 Å². The van der Waals surface area contributed by atoms with Crippen LogP contribution in [-0.2, 0) is 0 Å². The second-order valence-corrected chi connectivity index (χ2v) is 6.38. The van der Waals surface area contributed by atoms with Gasteiger partial charge in [0.25, 0.3) is 0 Å². The fraction of sp³-hybridized carbons (Fsp3) is 0.167. The predicted octanol–water partition coefficient (Wildman–Crippen LogP) is 1.85. The van der Waals surface area contributed by atoms with Crippen LogP contribution < -0.4 is 10.2 Å². The third-order valence-electron chi connectivity index (χ3n) is 2.35. The number of nitrogens with zero attached hydrogens (tertiary/aromatic N) is 1. The Balaban J connectivity index is 2.21. The number of carbonyl (C=O) groups is 1. The molecule has 1 saturated heterocycles. The quantitative estimate of drug-likeness (QED) is 0.514. The number of hydrogen-bond acceptors (Lipinski definition) is 3. The molecule has 5 heteroatoms. The zero-order valence-electron chi connectivity index (χ0n) is 9.56. The Labute approximate surface area is 112 Å². The molecule has 88 valence electrons. The van der Waals surface area contributed by atoms with E-state index in [0.717, 1.165) is 15.7 Å². The minimum atomic E-state index is -0.183. The molecule has 0 bridgehead atoms. The van der Waals surface area contributed by atoms with Crippen LogP contribution in [0, 0.1) is 0 Å². The van der Waals surface area contributed by atoms with E-state index in [9.17, 15) is 4.79 Å². The molecule has 1 heterocycles. The van der Waals surface area contributed by atoms with E-state index in [4.69, 9.17) is 12.2 Å². The molecular formula is C12H12N2OSSe. The third kappa shape index (κ3) is 2.94. The van der Waals surface area contributed by atoms with Gasteiger partial charge in [-0.2, -0.15) is 0 Å². The number of amides is 1. The van der Waals surface area contributed by atoms with Gasteiger partial charge in [0.15, 0.2) is 0 Å². The molecule has 0 spiro atoms. The summed E-state index contributed by atoms with van der Waals surface area (Å²) in [7, 11) is 4.01. The summed E-state index contributed by atoms with van der Waals surface area (Å²) >= 11 is 4.91. The molecule has 0 unspecified atom stereocenters. The van der Waals surface area contributed by atoms with Crippen LogP contribution in [0.4, 0.5) is 10.5 Å². The zero-order chi connectivity index (χ0) is 12.4. The van der Waals surface area contributed by atoms with Crippen molar-refractivity contribution in [2.75, 3.05) is 19.0 Å². The van der Waals surface area contributed by atoms with Gasteiger partial charge in [0, 0.05) is 0 Å². The molecule has 1 N–H and O–H groups in total. The van der Waals surface area contributed by atoms with Crippen molar-refractivity contribution in [1.82, 2.24) is 5.32 Å². The third-order valence-corrected chi connectivity index (χ3v) is 4.70. The van der Waals surface area contributed by atoms with Gasteiger partial charge in [-0.3, -0.25) is 0 Å². The second-order valence-electron chi connectivity index (χ2n) is 3.84. The van der Waals surface area contributed by atoms with Crippen LogP contribution in [-0.4, -0.2) is 38.8 Å². The standard InChI is InChI=1S/C12H12N2OSSe/c1-14(2)9-5-3-8(4-6-9)7-10-11(16)13-12(15)17-10/h3-7H,1-2H3,(H,13,15,16). The molecule has 1 aliphatic rings. The van der Waals surface area contributed by atoms with E-state index < -0.39 is 0 Å². The van der Waals surface area contributed by atoms with Crippen molar-refractivity contribution in [3.63, 3.8) is 0 Å². The molecule has 0 radical (unpaired) electrons. The van der Waals surface area contributed by atoms with Gasteiger partial charge in [0.1, 0.15) is 0 Å². The van der Waals surface area contributed by atoms with Gasteiger partial charge < -0.3 is 0 Å². The van der Waals surface area contributed by atoms with E-state index in [1.165, 1.54) is 0 Å². The number of carbonyl (C=O) groups excluding carboxylic acids is 1. The Morgan fingerprint density at radius 1 is 1.29 bits per heavy atom. The molecule has 17 heavy (non-hydrogen) atoms. The first-order valence-electron chi connectivity index (χ1n) is 5.08. The number of thiocarbonyl (C=S) groups is 1. The molecule has 3 nitrogen and oxygen atoms in total. The van der Waals surface area contributed by atoms with Crippen LogP contribution in [0.1, 0.15) is 5.56 Å². The summed E-state index contributed by atoms with van der Waals surface area (Å²) in [6.45, 7) is 0. The molecule has 1 aliphatic heterocycles. The minimum absolute atomic E-state index is 0.0404. The van der Waals surface area contributed by atoms with Gasteiger partial charge in [-0.05, 0) is 0 Å². The average Bonchev–Trinajstić information content (AvgIpc) is 2.58. The Morgan fingerprint density at radius 2 is 1.94 bits per heavy atom. The number of rotatable bonds is 2. The van der Waals surface area contributed by atoms with Gasteiger partial charge in [-0.15, -0.1) is 0 Å². The van der Waals surface area contributed by atoms with Crippen LogP contribution in [0.3, 0.4) is 0 Å². The van der Waals surface area contributed by atoms with Crippen molar-refractivity contribution in [2.24, 2.45) is 0 Å². The van der Waals surface area contributed by atoms with Gasteiger partial charge in [-0.25, -0.2) is 0 Å². The first kappa shape index (κ1) is 12.3. The molecule has 2 rings (SSSR count). The van der Waals surface area contributed by atoms with Gasteiger partial charge in [-0.1, -0.05) is 0 Å². The van der Waals surface area contributed by atoms with Crippen LogP contribution in [0.15, 0.2) is 28.7 Å². The van der Waals surface area contributed by atoms with E-state index in [1.807, 2.05) is 49.3 Å². The van der Waals surface area contributed by atoms with Crippen molar-refractivity contribution in [3.8, 4) is 0 Å². The van der Waals surface area contributed by atoms with Crippen LogP contribution in [0.2, 0.25) is 0 Å². The molecule has 1 amide bonds. The maximum absolute atomic E-state index is 11.2. The average molecular weight is 311 g/mol. The van der Waals surface area contributed by atoms with Crippen molar-refractivity contribution < 1.29 is 4.79 Å². The molecule has 1 fully saturated rings. The Hall–Kier alpha value is -1.16. The summed E-state index contributed by atoms with van der Waals surface area (Å²) in [6.07, 6.45) is 1.99. The summed E-state index contributed by atoms with van der Waals surface area (Å²) in [6, 6.07) is 8.16. The van der Waals surface area contributed by atoms with Crippen LogP contribution >= 0.6 is 12.2 Å². The fourth-order valence-electron chi connectivity index (χ4n) is 1.44. The summed E-state index contributed by atoms with van der Waals surface area (Å²) in [5, 5.41) is 2.66. The molecule has 0 atom stereocenters. The Bertz CT molecular complexity index is 494. The van der Waals surface area contributed by atoms with E-state index >= 15 is 0 Å². The molecule has 0 aromatic heterocycles. The molecular weight excluding hydrogens is 299 g/mol. The molecule has 0 aliphatic carbocycles. The second kappa shape index (κ2) is 5.00.